The van der Waals surface area contributed by atoms with Gasteiger partial charge >= 0.3 is 0 Å². The molecule has 1 atom stereocenters. The zero-order chi connectivity index (χ0) is 16.6. The van der Waals surface area contributed by atoms with Gasteiger partial charge in [0.15, 0.2) is 0 Å². The first-order valence-electron chi connectivity index (χ1n) is 7.05. The predicted octanol–water partition coefficient (Wildman–Crippen LogP) is 2.72. The molecule has 23 heavy (non-hydrogen) atoms. The zero-order valence-electron chi connectivity index (χ0n) is 12.3. The maximum atomic E-state index is 13.7. The van der Waals surface area contributed by atoms with Crippen LogP contribution in [0.2, 0.25) is 0 Å². The van der Waals surface area contributed by atoms with E-state index >= 15 is 0 Å². The molecule has 118 valence electrons. The first-order chi connectivity index (χ1) is 11.0. The van der Waals surface area contributed by atoms with Crippen molar-refractivity contribution in [3.8, 4) is 0 Å². The van der Waals surface area contributed by atoms with E-state index in [2.05, 4.69) is 4.98 Å². The third kappa shape index (κ3) is 2.85. The molecule has 4 nitrogen and oxygen atoms in total. The third-order valence-corrected chi connectivity index (χ3v) is 3.75. The Balaban J connectivity index is 1.98. The molecule has 0 saturated heterocycles. The number of aliphatic hydroxyl groups excluding tert-OH is 1. The van der Waals surface area contributed by atoms with Crippen molar-refractivity contribution in [2.75, 3.05) is 0 Å². The predicted molar refractivity (Wildman–Crippen MR) is 82.1 cm³/mol. The Morgan fingerprint density at radius 1 is 1.26 bits per heavy atom. The van der Waals surface area contributed by atoms with Crippen LogP contribution in [-0.2, 0) is 6.54 Å². The van der Waals surface area contributed by atoms with Crippen molar-refractivity contribution in [3.63, 3.8) is 0 Å². The lowest BCUT2D eigenvalue weighted by atomic mass is 10.1. The largest absolute Gasteiger partial charge is 0.386 e. The highest BCUT2D eigenvalue weighted by Gasteiger charge is 2.16. The second kappa shape index (κ2) is 5.89. The molecule has 0 bridgehead atoms. The Morgan fingerprint density at radius 3 is 2.78 bits per heavy atom. The van der Waals surface area contributed by atoms with Gasteiger partial charge in [0.1, 0.15) is 11.6 Å². The molecule has 0 radical (unpaired) electrons. The Bertz CT molecular complexity index is 938. The van der Waals surface area contributed by atoms with E-state index < -0.39 is 17.7 Å². The van der Waals surface area contributed by atoms with Crippen LogP contribution in [0.25, 0.3) is 10.9 Å². The Labute approximate surface area is 130 Å². The second-order valence-electron chi connectivity index (χ2n) is 5.35. The summed E-state index contributed by atoms with van der Waals surface area (Å²) in [7, 11) is 0. The van der Waals surface area contributed by atoms with E-state index in [1.165, 1.54) is 17.0 Å². The zero-order valence-corrected chi connectivity index (χ0v) is 12.3. The number of aromatic nitrogens is 2. The van der Waals surface area contributed by atoms with Crippen LogP contribution in [0.15, 0.2) is 47.5 Å². The summed E-state index contributed by atoms with van der Waals surface area (Å²) in [5, 5.41) is 10.6. The number of hydrogen-bond acceptors (Lipinski definition) is 3. The smallest absolute Gasteiger partial charge is 0.261 e. The maximum Gasteiger partial charge on any atom is 0.261 e. The quantitative estimate of drug-likeness (QED) is 0.808. The van der Waals surface area contributed by atoms with Gasteiger partial charge in [0.2, 0.25) is 0 Å². The summed E-state index contributed by atoms with van der Waals surface area (Å²) in [6.07, 6.45) is 0.0415. The standard InChI is InChI=1S/C17H14F2N2O2/c1-10-3-2-4-13-16(10)20-9-21(17(13)23)8-15(22)12-6-5-11(18)7-14(12)19/h2-7,9,15,22H,8H2,1H3. The van der Waals surface area contributed by atoms with Gasteiger partial charge in [0.05, 0.1) is 29.9 Å². The van der Waals surface area contributed by atoms with Crippen LogP contribution in [0, 0.1) is 18.6 Å². The van der Waals surface area contributed by atoms with Crippen molar-refractivity contribution in [1.82, 2.24) is 9.55 Å². The van der Waals surface area contributed by atoms with Crippen molar-refractivity contribution in [3.05, 3.63) is 75.8 Å². The van der Waals surface area contributed by atoms with Crippen LogP contribution < -0.4 is 5.56 Å². The minimum Gasteiger partial charge on any atom is -0.386 e. The van der Waals surface area contributed by atoms with Crippen molar-refractivity contribution in [2.45, 2.75) is 19.6 Å². The molecular formula is C17H14F2N2O2. The van der Waals surface area contributed by atoms with Gasteiger partial charge in [0, 0.05) is 11.6 Å². The fourth-order valence-electron chi connectivity index (χ4n) is 2.52. The normalized spacial score (nSPS) is 12.5. The average Bonchev–Trinajstić information content (AvgIpc) is 2.50. The number of para-hydroxylation sites is 1. The number of benzene rings is 2. The molecule has 0 saturated carbocycles. The minimum absolute atomic E-state index is 0.0670. The van der Waals surface area contributed by atoms with Crippen LogP contribution in [0.1, 0.15) is 17.2 Å². The lowest BCUT2D eigenvalue weighted by Crippen LogP contribution is -2.24. The van der Waals surface area contributed by atoms with E-state index in [-0.39, 0.29) is 17.7 Å². The highest BCUT2D eigenvalue weighted by atomic mass is 19.1. The maximum absolute atomic E-state index is 13.7. The monoisotopic (exact) mass is 316 g/mol. The molecule has 0 amide bonds. The molecule has 0 aliphatic carbocycles. The summed E-state index contributed by atoms with van der Waals surface area (Å²) in [5.41, 5.74) is 1.08. The van der Waals surface area contributed by atoms with E-state index in [1.807, 2.05) is 13.0 Å². The molecule has 1 N–H and O–H groups in total. The van der Waals surface area contributed by atoms with Crippen molar-refractivity contribution >= 4 is 10.9 Å². The second-order valence-corrected chi connectivity index (χ2v) is 5.35. The first kappa shape index (κ1) is 15.3. The van der Waals surface area contributed by atoms with Gasteiger partial charge in [-0.15, -0.1) is 0 Å². The van der Waals surface area contributed by atoms with E-state index in [0.29, 0.717) is 17.0 Å². The molecule has 1 heterocycles. The number of hydrogen-bond donors (Lipinski definition) is 1. The number of rotatable bonds is 3. The fraction of sp³-hybridized carbons (Fsp3) is 0.176. The molecule has 0 aliphatic heterocycles. The summed E-state index contributed by atoms with van der Waals surface area (Å²) in [6.45, 7) is 1.68. The first-order valence-corrected chi connectivity index (χ1v) is 7.05. The molecule has 0 spiro atoms. The van der Waals surface area contributed by atoms with Crippen molar-refractivity contribution in [2.24, 2.45) is 0 Å². The Morgan fingerprint density at radius 2 is 2.04 bits per heavy atom. The topological polar surface area (TPSA) is 55.1 Å². The third-order valence-electron chi connectivity index (χ3n) is 3.75. The van der Waals surface area contributed by atoms with Crippen LogP contribution >= 0.6 is 0 Å². The lowest BCUT2D eigenvalue weighted by molar-refractivity contribution is 0.150. The number of fused-ring (bicyclic) bond motifs is 1. The molecule has 2 aromatic carbocycles. The summed E-state index contributed by atoms with van der Waals surface area (Å²) in [6, 6.07) is 8.18. The summed E-state index contributed by atoms with van der Waals surface area (Å²) < 4.78 is 27.9. The summed E-state index contributed by atoms with van der Waals surface area (Å²) >= 11 is 0. The van der Waals surface area contributed by atoms with E-state index in [0.717, 1.165) is 11.6 Å². The van der Waals surface area contributed by atoms with Crippen molar-refractivity contribution in [1.29, 1.82) is 0 Å². The highest BCUT2D eigenvalue weighted by Crippen LogP contribution is 2.19. The number of halogens is 2. The van der Waals surface area contributed by atoms with Gasteiger partial charge in [-0.05, 0) is 24.6 Å². The Kier molecular flexibility index (Phi) is 3.92. The molecule has 1 aromatic heterocycles. The van der Waals surface area contributed by atoms with Crippen LogP contribution in [-0.4, -0.2) is 14.7 Å². The SMILES string of the molecule is Cc1cccc2c(=O)n(CC(O)c3ccc(F)cc3F)cnc12. The fourth-order valence-corrected chi connectivity index (χ4v) is 2.52. The molecule has 1 unspecified atom stereocenters. The van der Waals surface area contributed by atoms with Gasteiger partial charge in [0.25, 0.3) is 5.56 Å². The van der Waals surface area contributed by atoms with Gasteiger partial charge in [-0.2, -0.15) is 0 Å². The van der Waals surface area contributed by atoms with Gasteiger partial charge < -0.3 is 5.11 Å². The molecule has 6 heteroatoms. The molecule has 3 aromatic rings. The Hall–Kier alpha value is -2.60. The van der Waals surface area contributed by atoms with Crippen molar-refractivity contribution < 1.29 is 13.9 Å². The molecule has 0 aliphatic rings. The van der Waals surface area contributed by atoms with E-state index in [9.17, 15) is 18.7 Å². The highest BCUT2D eigenvalue weighted by molar-refractivity contribution is 5.80. The van der Waals surface area contributed by atoms with Gasteiger partial charge in [-0.3, -0.25) is 9.36 Å². The number of nitrogens with zero attached hydrogens (tertiary/aromatic N) is 2. The summed E-state index contributed by atoms with van der Waals surface area (Å²) in [4.78, 5) is 16.7. The number of aliphatic hydroxyl groups is 1. The van der Waals surface area contributed by atoms with Gasteiger partial charge in [-0.1, -0.05) is 18.2 Å². The van der Waals surface area contributed by atoms with E-state index in [4.69, 9.17) is 0 Å². The minimum atomic E-state index is -1.28. The molecule has 3 rings (SSSR count). The van der Waals surface area contributed by atoms with E-state index in [1.54, 1.807) is 12.1 Å². The number of aryl methyl sites for hydroxylation is 1. The molecular weight excluding hydrogens is 302 g/mol. The molecule has 0 fully saturated rings. The summed E-state index contributed by atoms with van der Waals surface area (Å²) in [5.74, 6) is -1.58. The van der Waals surface area contributed by atoms with Crippen LogP contribution in [0.5, 0.6) is 0 Å². The van der Waals surface area contributed by atoms with Crippen LogP contribution in [0.3, 0.4) is 0 Å². The average molecular weight is 316 g/mol. The van der Waals surface area contributed by atoms with Gasteiger partial charge in [-0.25, -0.2) is 13.8 Å². The lowest BCUT2D eigenvalue weighted by Gasteiger charge is -2.14. The van der Waals surface area contributed by atoms with Crippen LogP contribution in [0.4, 0.5) is 8.78 Å².